The zero-order valence-electron chi connectivity index (χ0n) is 49.8. The molecule has 0 radical (unpaired) electrons. The number of fused-ring (bicyclic) bond motifs is 7. The van der Waals surface area contributed by atoms with Gasteiger partial charge >= 0.3 is 5.97 Å². The first kappa shape index (κ1) is 66.2. The van der Waals surface area contributed by atoms with Gasteiger partial charge in [-0.1, -0.05) is 60.1 Å². The number of ether oxygens (including phenoxy) is 10. The highest BCUT2D eigenvalue weighted by molar-refractivity contribution is 5.79. The number of carbonyl (C=O) groups excluding carboxylic acids is 1. The Hall–Kier alpha value is -1.75. The van der Waals surface area contributed by atoms with Crippen molar-refractivity contribution in [2.75, 3.05) is 26.4 Å². The Morgan fingerprint density at radius 2 is 1.14 bits per heavy atom. The molecule has 10 rings (SSSR count). The summed E-state index contributed by atoms with van der Waals surface area (Å²) in [5, 5.41) is 161. The molecule has 26 nitrogen and oxygen atoms in total. The van der Waals surface area contributed by atoms with Crippen LogP contribution in [-0.2, 0) is 52.2 Å². The molecule has 26 heteroatoms. The summed E-state index contributed by atoms with van der Waals surface area (Å²) >= 11 is 0. The smallest absolute Gasteiger partial charge is 0.315 e. The van der Waals surface area contributed by atoms with Crippen LogP contribution in [0.3, 0.4) is 0 Å². The van der Waals surface area contributed by atoms with Crippen LogP contribution in [0.1, 0.15) is 113 Å². The van der Waals surface area contributed by atoms with Gasteiger partial charge in [0.1, 0.15) is 110 Å². The van der Waals surface area contributed by atoms with Crippen molar-refractivity contribution >= 4 is 5.97 Å². The summed E-state index contributed by atoms with van der Waals surface area (Å²) in [5.41, 5.74) is -1.09. The highest BCUT2D eigenvalue weighted by Gasteiger charge is 2.71. The first-order chi connectivity index (χ1) is 39.9. The second-order valence-electron chi connectivity index (χ2n) is 28.1. The Morgan fingerprint density at radius 1 is 0.553 bits per heavy atom. The van der Waals surface area contributed by atoms with E-state index in [0.29, 0.717) is 25.7 Å². The maximum absolute atomic E-state index is 15.3. The van der Waals surface area contributed by atoms with Crippen LogP contribution in [0.4, 0.5) is 0 Å². The minimum Gasteiger partial charge on any atom is -0.432 e. The number of aliphatic hydroxyl groups is 15. The molecular formula is C59H96O26. The Morgan fingerprint density at radius 3 is 1.81 bits per heavy atom. The van der Waals surface area contributed by atoms with Crippen molar-refractivity contribution in [2.45, 2.75) is 267 Å². The van der Waals surface area contributed by atoms with Gasteiger partial charge in [0.05, 0.1) is 44.1 Å². The summed E-state index contributed by atoms with van der Waals surface area (Å²) in [6, 6.07) is 0. The van der Waals surface area contributed by atoms with Crippen molar-refractivity contribution in [3.05, 3.63) is 11.6 Å². The second-order valence-corrected chi connectivity index (χ2v) is 28.1. The maximum Gasteiger partial charge on any atom is 0.315 e. The fraction of sp³-hybridized carbons (Fsp3) is 0.949. The number of hydrogen-bond acceptors (Lipinski definition) is 26. The van der Waals surface area contributed by atoms with Gasteiger partial charge in [-0.2, -0.15) is 0 Å². The van der Waals surface area contributed by atoms with Crippen molar-refractivity contribution in [2.24, 2.45) is 56.7 Å². The lowest BCUT2D eigenvalue weighted by Crippen LogP contribution is -2.66. The second kappa shape index (κ2) is 24.7. The molecule has 10 aliphatic rings. The number of aliphatic hydroxyl groups excluding tert-OH is 15. The summed E-state index contributed by atoms with van der Waals surface area (Å²) in [7, 11) is 0. The van der Waals surface area contributed by atoms with Crippen molar-refractivity contribution in [3.63, 3.8) is 0 Å². The highest BCUT2D eigenvalue weighted by atomic mass is 16.8. The normalized spacial score (nSPS) is 55.3. The average Bonchev–Trinajstić information content (AvgIpc) is 1.10. The molecule has 9 fully saturated rings. The molecule has 5 aliphatic carbocycles. The number of rotatable bonds is 13. The lowest BCUT2D eigenvalue weighted by Gasteiger charge is -2.71. The number of carbonyl (C=O) groups is 1. The zero-order chi connectivity index (χ0) is 61.9. The van der Waals surface area contributed by atoms with Crippen molar-refractivity contribution in [1.82, 2.24) is 0 Å². The number of allylic oxidation sites excluding steroid dienone is 2. The van der Waals surface area contributed by atoms with Crippen molar-refractivity contribution in [1.29, 1.82) is 0 Å². The Bertz CT molecular complexity index is 2350. The molecule has 0 aromatic carbocycles. The highest BCUT2D eigenvalue weighted by Crippen LogP contribution is 2.76. The van der Waals surface area contributed by atoms with E-state index < -0.39 is 190 Å². The molecule has 0 bridgehead atoms. The fourth-order valence-corrected chi connectivity index (χ4v) is 17.8. The molecule has 488 valence electrons. The van der Waals surface area contributed by atoms with Gasteiger partial charge < -0.3 is 124 Å². The van der Waals surface area contributed by atoms with Crippen molar-refractivity contribution < 1.29 is 129 Å². The van der Waals surface area contributed by atoms with Crippen LogP contribution in [0.2, 0.25) is 0 Å². The van der Waals surface area contributed by atoms with Crippen LogP contribution in [0, 0.1) is 56.7 Å². The van der Waals surface area contributed by atoms with Crippen LogP contribution < -0.4 is 0 Å². The van der Waals surface area contributed by atoms with Crippen LogP contribution >= 0.6 is 0 Å². The van der Waals surface area contributed by atoms with E-state index >= 15 is 4.79 Å². The standard InChI is InChI=1S/C59H96O26/c1-23-11-16-59(54(75)85-52-45(73)41(69)38(66)30(81-52)22-77-49-46(74)42(70)47(29(20-61)80-49)83-50-43(71)39(67)35(63)25(3)78-50)18-17-57(7)26(34(59)24(23)2)9-10-32-56(6)14-13-33(55(4,5)31(56)12-15-58(32,57)8)82-53-48(36(64)27(62)21-76-53)84-51-44(72)40(68)37(65)28(19-60)79-51/h9,23-25,27-53,60-74H,10-22H2,1-8H3. The molecule has 0 spiro atoms. The summed E-state index contributed by atoms with van der Waals surface area (Å²) in [5.74, 6) is -0.254. The molecule has 85 heavy (non-hydrogen) atoms. The van der Waals surface area contributed by atoms with E-state index in [0.717, 1.165) is 32.1 Å². The van der Waals surface area contributed by atoms with Gasteiger partial charge in [0.25, 0.3) is 0 Å². The van der Waals surface area contributed by atoms with Crippen LogP contribution in [0.15, 0.2) is 11.6 Å². The van der Waals surface area contributed by atoms with E-state index in [2.05, 4.69) is 54.5 Å². The number of esters is 1. The summed E-state index contributed by atoms with van der Waals surface area (Å²) in [6.07, 6.45) is -30.1. The van der Waals surface area contributed by atoms with E-state index in [1.807, 2.05) is 0 Å². The van der Waals surface area contributed by atoms with Gasteiger partial charge in [0.2, 0.25) is 6.29 Å². The third kappa shape index (κ3) is 11.0. The Balaban J connectivity index is 0.826. The lowest BCUT2D eigenvalue weighted by molar-refractivity contribution is -0.367. The van der Waals surface area contributed by atoms with Crippen LogP contribution in [0.25, 0.3) is 0 Å². The number of hydrogen-bond donors (Lipinski definition) is 15. The Labute approximate surface area is 494 Å². The molecule has 0 amide bonds. The first-order valence-electron chi connectivity index (χ1n) is 30.7. The molecule has 0 aromatic rings. The zero-order valence-corrected chi connectivity index (χ0v) is 49.8. The predicted molar refractivity (Wildman–Crippen MR) is 288 cm³/mol. The summed E-state index contributed by atoms with van der Waals surface area (Å²) < 4.78 is 59.5. The molecule has 15 N–H and O–H groups in total. The van der Waals surface area contributed by atoms with Gasteiger partial charge in [0, 0.05) is 0 Å². The molecule has 5 heterocycles. The van der Waals surface area contributed by atoms with E-state index in [4.69, 9.17) is 47.4 Å². The Kier molecular flexibility index (Phi) is 19.2. The van der Waals surface area contributed by atoms with Gasteiger partial charge in [-0.25, -0.2) is 0 Å². The molecular weight excluding hydrogens is 1120 g/mol. The van der Waals surface area contributed by atoms with Crippen LogP contribution in [-0.4, -0.2) is 263 Å². The minimum atomic E-state index is -1.89. The minimum absolute atomic E-state index is 0.0278. The molecule has 5 saturated heterocycles. The van der Waals surface area contributed by atoms with E-state index in [1.165, 1.54) is 12.5 Å². The maximum atomic E-state index is 15.3. The van der Waals surface area contributed by atoms with Gasteiger partial charge in [-0.05, 0) is 116 Å². The van der Waals surface area contributed by atoms with Crippen LogP contribution in [0.5, 0.6) is 0 Å². The predicted octanol–water partition coefficient (Wildman–Crippen LogP) is -2.69. The molecule has 0 aromatic heterocycles. The quantitative estimate of drug-likeness (QED) is 0.0507. The van der Waals surface area contributed by atoms with E-state index in [9.17, 15) is 76.6 Å². The fourth-order valence-electron chi connectivity index (χ4n) is 17.8. The summed E-state index contributed by atoms with van der Waals surface area (Å²) in [6.45, 7) is 15.0. The molecule has 34 atom stereocenters. The van der Waals surface area contributed by atoms with Gasteiger partial charge in [-0.3, -0.25) is 4.79 Å². The molecule has 4 saturated carbocycles. The summed E-state index contributed by atoms with van der Waals surface area (Å²) in [4.78, 5) is 15.3. The molecule has 5 aliphatic heterocycles. The average molecular weight is 1220 g/mol. The van der Waals surface area contributed by atoms with Crippen molar-refractivity contribution in [3.8, 4) is 0 Å². The third-order valence-corrected chi connectivity index (χ3v) is 23.4. The SMILES string of the molecule is CC1CCC2(C(=O)OC3OC(COC4OC(CO)C(OC5OC(C)C(O)C(O)C5O)C(O)C4O)C(O)C(O)C3O)CCC3(C)C(=CCC4C5(C)CCC(OC6OCC(O)C(O)C6OC6OC(CO)C(O)C(O)C6O)C(C)(C)C5CCC43C)C2C1C. The largest absolute Gasteiger partial charge is 0.432 e. The third-order valence-electron chi connectivity index (χ3n) is 23.4. The monoisotopic (exact) mass is 1220 g/mol. The first-order valence-corrected chi connectivity index (χ1v) is 30.7. The van der Waals surface area contributed by atoms with E-state index in [1.54, 1.807) is 0 Å². The van der Waals surface area contributed by atoms with Gasteiger partial charge in [0.15, 0.2) is 25.2 Å². The topological polar surface area (TPSA) is 413 Å². The van der Waals surface area contributed by atoms with Gasteiger partial charge in [-0.15, -0.1) is 0 Å². The molecule has 34 unspecified atom stereocenters. The lowest BCUT2D eigenvalue weighted by atomic mass is 9.33. The van der Waals surface area contributed by atoms with E-state index in [-0.39, 0.29) is 52.4 Å².